The normalized spacial score (nSPS) is 15.2. The van der Waals surface area contributed by atoms with Crippen LogP contribution in [0.2, 0.25) is 0 Å². The Labute approximate surface area is 105 Å². The Morgan fingerprint density at radius 1 is 1.47 bits per heavy atom. The lowest BCUT2D eigenvalue weighted by atomic mass is 9.88. The second-order valence-electron chi connectivity index (χ2n) is 4.91. The van der Waals surface area contributed by atoms with Crippen LogP contribution in [0.3, 0.4) is 0 Å². The van der Waals surface area contributed by atoms with Crippen molar-refractivity contribution in [2.75, 3.05) is 13.6 Å². The second-order valence-corrected chi connectivity index (χ2v) is 4.91. The molecule has 0 amide bonds. The van der Waals surface area contributed by atoms with E-state index in [4.69, 9.17) is 5.73 Å². The highest BCUT2D eigenvalue weighted by Crippen LogP contribution is 2.24. The van der Waals surface area contributed by atoms with Crippen LogP contribution in [0.25, 0.3) is 0 Å². The summed E-state index contributed by atoms with van der Waals surface area (Å²) >= 11 is 0. The van der Waals surface area contributed by atoms with E-state index in [1.54, 1.807) is 0 Å². The van der Waals surface area contributed by atoms with E-state index in [1.165, 1.54) is 12.0 Å². The highest BCUT2D eigenvalue weighted by atomic mass is 15.2. The fraction of sp³-hybridized carbons (Fsp3) is 0.769. The first-order valence-electron chi connectivity index (χ1n) is 6.46. The third kappa shape index (κ3) is 3.30. The molecule has 0 bridgehead atoms. The van der Waals surface area contributed by atoms with Crippen LogP contribution in [0, 0.1) is 0 Å². The van der Waals surface area contributed by atoms with Gasteiger partial charge in [0.2, 0.25) is 0 Å². The van der Waals surface area contributed by atoms with Gasteiger partial charge in [0, 0.05) is 37.4 Å². The summed E-state index contributed by atoms with van der Waals surface area (Å²) in [6.07, 6.45) is 7.41. The smallest absolute Gasteiger partial charge is 0.0534 e. The van der Waals surface area contributed by atoms with Gasteiger partial charge in [-0.1, -0.05) is 20.3 Å². The zero-order chi connectivity index (χ0) is 12.9. The minimum Gasteiger partial charge on any atom is -0.329 e. The summed E-state index contributed by atoms with van der Waals surface area (Å²) in [4.78, 5) is 2.38. The third-order valence-corrected chi connectivity index (χ3v) is 3.74. The van der Waals surface area contributed by atoms with Gasteiger partial charge in [0.25, 0.3) is 0 Å². The molecule has 2 N–H and O–H groups in total. The summed E-state index contributed by atoms with van der Waals surface area (Å²) in [7, 11) is 4.12. The van der Waals surface area contributed by atoms with Crippen LogP contribution in [-0.4, -0.2) is 33.8 Å². The van der Waals surface area contributed by atoms with Crippen LogP contribution in [0.1, 0.15) is 38.7 Å². The molecule has 4 nitrogen and oxygen atoms in total. The molecule has 1 aromatic heterocycles. The van der Waals surface area contributed by atoms with Crippen LogP contribution in [0.4, 0.5) is 0 Å². The number of nitrogens with two attached hydrogens (primary N) is 1. The topological polar surface area (TPSA) is 47.1 Å². The van der Waals surface area contributed by atoms with E-state index in [-0.39, 0.29) is 5.54 Å². The predicted molar refractivity (Wildman–Crippen MR) is 71.7 cm³/mol. The maximum atomic E-state index is 6.00. The maximum Gasteiger partial charge on any atom is 0.0534 e. The molecule has 98 valence electrons. The van der Waals surface area contributed by atoms with Gasteiger partial charge < -0.3 is 5.73 Å². The fourth-order valence-electron chi connectivity index (χ4n) is 2.50. The first-order valence-corrected chi connectivity index (χ1v) is 6.46. The molecule has 0 aliphatic heterocycles. The predicted octanol–water partition coefficient (Wildman–Crippen LogP) is 1.76. The lowest BCUT2D eigenvalue weighted by Gasteiger charge is -2.40. The van der Waals surface area contributed by atoms with E-state index >= 15 is 0 Å². The number of nitrogens with zero attached hydrogens (tertiary/aromatic N) is 3. The molecule has 4 heteroatoms. The average molecular weight is 238 g/mol. The molecular formula is C13H26N4. The Morgan fingerprint density at radius 3 is 2.59 bits per heavy atom. The van der Waals surface area contributed by atoms with Gasteiger partial charge in [-0.15, -0.1) is 0 Å². The van der Waals surface area contributed by atoms with Crippen LogP contribution >= 0.6 is 0 Å². The molecule has 0 aliphatic rings. The van der Waals surface area contributed by atoms with E-state index in [2.05, 4.69) is 37.1 Å². The van der Waals surface area contributed by atoms with Crippen LogP contribution < -0.4 is 5.73 Å². The standard InChI is InChI=1S/C13H26N4/c1-5-7-13(6-2,11-14)16(3)9-12-8-15-17(4)10-12/h8,10H,5-7,9,11,14H2,1-4H3. The highest BCUT2D eigenvalue weighted by molar-refractivity contribution is 5.05. The SMILES string of the molecule is CCCC(CC)(CN)N(C)Cc1cnn(C)c1. The van der Waals surface area contributed by atoms with Crippen molar-refractivity contribution in [2.45, 2.75) is 45.2 Å². The van der Waals surface area contributed by atoms with Crippen molar-refractivity contribution in [1.82, 2.24) is 14.7 Å². The molecule has 0 fully saturated rings. The molecular weight excluding hydrogens is 212 g/mol. The monoisotopic (exact) mass is 238 g/mol. The van der Waals surface area contributed by atoms with Gasteiger partial charge in [0.05, 0.1) is 6.20 Å². The molecule has 0 saturated heterocycles. The second kappa shape index (κ2) is 6.17. The molecule has 1 rings (SSSR count). The summed E-state index contributed by atoms with van der Waals surface area (Å²) in [5, 5.41) is 4.21. The average Bonchev–Trinajstić information content (AvgIpc) is 2.71. The summed E-state index contributed by atoms with van der Waals surface area (Å²) in [6.45, 7) is 6.08. The lowest BCUT2D eigenvalue weighted by molar-refractivity contribution is 0.102. The summed E-state index contributed by atoms with van der Waals surface area (Å²) in [5.74, 6) is 0. The van der Waals surface area contributed by atoms with E-state index in [1.807, 2.05) is 17.9 Å². The molecule has 0 spiro atoms. The van der Waals surface area contributed by atoms with Gasteiger partial charge in [-0.2, -0.15) is 5.10 Å². The van der Waals surface area contributed by atoms with Crippen molar-refractivity contribution in [3.05, 3.63) is 18.0 Å². The largest absolute Gasteiger partial charge is 0.329 e. The van der Waals surface area contributed by atoms with Crippen molar-refractivity contribution in [1.29, 1.82) is 0 Å². The van der Waals surface area contributed by atoms with Gasteiger partial charge in [-0.05, 0) is 19.9 Å². The van der Waals surface area contributed by atoms with Crippen LogP contribution in [-0.2, 0) is 13.6 Å². The number of likely N-dealkylation sites (N-methyl/N-ethyl adjacent to an activating group) is 1. The fourth-order valence-corrected chi connectivity index (χ4v) is 2.50. The van der Waals surface area contributed by atoms with Crippen molar-refractivity contribution in [3.63, 3.8) is 0 Å². The van der Waals surface area contributed by atoms with Gasteiger partial charge in [-0.25, -0.2) is 0 Å². The number of hydrogen-bond acceptors (Lipinski definition) is 3. The molecule has 0 radical (unpaired) electrons. The molecule has 1 heterocycles. The molecule has 1 unspecified atom stereocenters. The van der Waals surface area contributed by atoms with Gasteiger partial charge in [0.15, 0.2) is 0 Å². The van der Waals surface area contributed by atoms with Crippen molar-refractivity contribution in [3.8, 4) is 0 Å². The summed E-state index contributed by atoms with van der Waals surface area (Å²) < 4.78 is 1.85. The molecule has 0 aliphatic carbocycles. The lowest BCUT2D eigenvalue weighted by Crippen LogP contribution is -2.51. The van der Waals surface area contributed by atoms with Crippen LogP contribution in [0.5, 0.6) is 0 Å². The van der Waals surface area contributed by atoms with E-state index < -0.39 is 0 Å². The minimum atomic E-state index is 0.130. The number of aromatic nitrogens is 2. The quantitative estimate of drug-likeness (QED) is 0.787. The van der Waals surface area contributed by atoms with Gasteiger partial charge in [-0.3, -0.25) is 9.58 Å². The Kier molecular flexibility index (Phi) is 5.15. The van der Waals surface area contributed by atoms with Crippen molar-refractivity contribution < 1.29 is 0 Å². The summed E-state index contributed by atoms with van der Waals surface area (Å²) in [6, 6.07) is 0. The maximum absolute atomic E-state index is 6.00. The molecule has 0 aromatic carbocycles. The van der Waals surface area contributed by atoms with Gasteiger partial charge in [0.1, 0.15) is 0 Å². The molecule has 1 aromatic rings. The zero-order valence-corrected chi connectivity index (χ0v) is 11.6. The molecule has 1 atom stereocenters. The number of aryl methyl sites for hydroxylation is 1. The van der Waals surface area contributed by atoms with Crippen LogP contribution in [0.15, 0.2) is 12.4 Å². The van der Waals surface area contributed by atoms with Gasteiger partial charge >= 0.3 is 0 Å². The first kappa shape index (κ1) is 14.2. The number of rotatable bonds is 7. The highest BCUT2D eigenvalue weighted by Gasteiger charge is 2.30. The summed E-state index contributed by atoms with van der Waals surface area (Å²) in [5.41, 5.74) is 7.38. The molecule has 17 heavy (non-hydrogen) atoms. The van der Waals surface area contributed by atoms with Crippen molar-refractivity contribution in [2.24, 2.45) is 12.8 Å². The Bertz CT molecular complexity index is 328. The molecule has 0 saturated carbocycles. The third-order valence-electron chi connectivity index (χ3n) is 3.74. The Balaban J connectivity index is 2.74. The first-order chi connectivity index (χ1) is 8.07. The number of hydrogen-bond donors (Lipinski definition) is 1. The van der Waals surface area contributed by atoms with E-state index in [0.717, 1.165) is 19.4 Å². The van der Waals surface area contributed by atoms with Crippen molar-refractivity contribution >= 4 is 0 Å². The Hall–Kier alpha value is -0.870. The Morgan fingerprint density at radius 2 is 2.18 bits per heavy atom. The zero-order valence-electron chi connectivity index (χ0n) is 11.6. The van der Waals surface area contributed by atoms with E-state index in [9.17, 15) is 0 Å². The minimum absolute atomic E-state index is 0.130. The van der Waals surface area contributed by atoms with E-state index in [0.29, 0.717) is 6.54 Å².